The molecule has 3 atom stereocenters. The first kappa shape index (κ1) is 27.8. The number of hydrogen-bond donors (Lipinski definition) is 1. The van der Waals surface area contributed by atoms with Gasteiger partial charge in [-0.15, -0.1) is 0 Å². The highest BCUT2D eigenvalue weighted by Crippen LogP contribution is 2.27. The first-order valence-electron chi connectivity index (χ1n) is 13.1. The maximum Gasteiger partial charge on any atom is 0.405 e. The Balaban J connectivity index is 1.23. The Morgan fingerprint density at radius 3 is 2.60 bits per heavy atom. The molecule has 0 spiro atoms. The van der Waals surface area contributed by atoms with Gasteiger partial charge in [-0.2, -0.15) is 13.2 Å². The smallest absolute Gasteiger partial charge is 0.405 e. The van der Waals surface area contributed by atoms with Crippen molar-refractivity contribution in [3.05, 3.63) is 72.5 Å². The molecule has 4 heterocycles. The first-order chi connectivity index (χ1) is 19.2. The number of alkyl halides is 3. The van der Waals surface area contributed by atoms with E-state index < -0.39 is 30.8 Å². The average molecular weight is 558 g/mol. The van der Waals surface area contributed by atoms with Crippen LogP contribution in [0.25, 0.3) is 11.3 Å². The minimum Gasteiger partial charge on any atom is -0.461 e. The molecule has 0 saturated carbocycles. The number of cyclic esters (lactones) is 1. The van der Waals surface area contributed by atoms with Crippen LogP contribution in [0.4, 0.5) is 13.2 Å². The third kappa shape index (κ3) is 7.24. The second-order valence-corrected chi connectivity index (χ2v) is 10.2. The highest BCUT2D eigenvalue weighted by molar-refractivity contribution is 5.82. The van der Waals surface area contributed by atoms with Gasteiger partial charge in [-0.05, 0) is 30.5 Å². The van der Waals surface area contributed by atoms with E-state index in [9.17, 15) is 22.8 Å². The van der Waals surface area contributed by atoms with Crippen LogP contribution in [-0.2, 0) is 27.3 Å². The third-order valence-electron chi connectivity index (χ3n) is 7.15. The monoisotopic (exact) mass is 557 g/mol. The van der Waals surface area contributed by atoms with Crippen LogP contribution in [0, 0.1) is 5.92 Å². The van der Waals surface area contributed by atoms with E-state index in [2.05, 4.69) is 9.97 Å². The lowest BCUT2D eigenvalue weighted by Crippen LogP contribution is -2.60. The van der Waals surface area contributed by atoms with E-state index in [1.807, 2.05) is 51.5 Å². The Hall–Kier alpha value is -3.77. The average Bonchev–Trinajstić information content (AvgIpc) is 3.55. The number of rotatable bonds is 9. The predicted molar refractivity (Wildman–Crippen MR) is 138 cm³/mol. The number of benzene rings is 1. The summed E-state index contributed by atoms with van der Waals surface area (Å²) in [6, 6.07) is 12.4. The molecule has 2 saturated heterocycles. The minimum atomic E-state index is -4.52. The normalized spacial score (nSPS) is 22.3. The summed E-state index contributed by atoms with van der Waals surface area (Å²) in [5.74, 6) is -0.0526. The number of carbonyl (C=O) groups is 2. The molecular formula is C28H30F3N5O4. The maximum atomic E-state index is 13.0. The van der Waals surface area contributed by atoms with Gasteiger partial charge in [0.05, 0.1) is 18.0 Å². The number of amides is 1. The van der Waals surface area contributed by atoms with E-state index in [0.717, 1.165) is 11.1 Å². The zero-order chi connectivity index (χ0) is 28.1. The SMILES string of the molecule is O=C1OC(CN2CCN(Cc3ccc(-c4cncnc4)o3)C[C@H]2C(=O)NCC(F)(F)F)C[C@H]1Cc1ccccc1. The highest BCUT2D eigenvalue weighted by atomic mass is 19.4. The molecule has 2 aliphatic heterocycles. The van der Waals surface area contributed by atoms with Crippen LogP contribution >= 0.6 is 0 Å². The Morgan fingerprint density at radius 1 is 1.07 bits per heavy atom. The molecular weight excluding hydrogens is 527 g/mol. The number of nitrogens with zero attached hydrogens (tertiary/aromatic N) is 4. The molecule has 2 aromatic heterocycles. The Labute approximate surface area is 229 Å². The summed E-state index contributed by atoms with van der Waals surface area (Å²) in [5, 5.41) is 2.03. The summed E-state index contributed by atoms with van der Waals surface area (Å²) in [7, 11) is 0. The highest BCUT2D eigenvalue weighted by Gasteiger charge is 2.40. The van der Waals surface area contributed by atoms with E-state index in [1.54, 1.807) is 18.5 Å². The van der Waals surface area contributed by atoms with Gasteiger partial charge in [0.2, 0.25) is 5.91 Å². The third-order valence-corrected chi connectivity index (χ3v) is 7.15. The van der Waals surface area contributed by atoms with Crippen LogP contribution in [0.15, 0.2) is 65.6 Å². The lowest BCUT2D eigenvalue weighted by atomic mass is 9.96. The minimum absolute atomic E-state index is 0.197. The lowest BCUT2D eigenvalue weighted by molar-refractivity contribution is -0.147. The molecule has 1 N–H and O–H groups in total. The number of piperazine rings is 1. The van der Waals surface area contributed by atoms with E-state index >= 15 is 0 Å². The largest absolute Gasteiger partial charge is 0.461 e. The standard InChI is InChI=1S/C28H30F3N5O4/c29-28(30,31)17-34-26(37)24-16-35(14-22-6-7-25(39-22)21-12-32-18-33-13-21)8-9-36(24)15-23-11-20(27(38)40-23)10-19-4-2-1-3-5-19/h1-7,12-13,18,20,23-24H,8-11,14-17H2,(H,34,37)/t20-,23?,24+/m1/s1. The molecule has 2 fully saturated rings. The van der Waals surface area contributed by atoms with Crippen LogP contribution in [0.5, 0.6) is 0 Å². The molecule has 12 heteroatoms. The number of hydrogen-bond acceptors (Lipinski definition) is 8. The van der Waals surface area contributed by atoms with Gasteiger partial charge in [0.1, 0.15) is 36.5 Å². The van der Waals surface area contributed by atoms with Crippen molar-refractivity contribution >= 4 is 11.9 Å². The Kier molecular flexibility index (Phi) is 8.46. The van der Waals surface area contributed by atoms with Crippen LogP contribution < -0.4 is 5.32 Å². The van der Waals surface area contributed by atoms with Gasteiger partial charge in [-0.1, -0.05) is 30.3 Å². The molecule has 9 nitrogen and oxygen atoms in total. The summed E-state index contributed by atoms with van der Waals surface area (Å²) in [5.41, 5.74) is 1.75. The van der Waals surface area contributed by atoms with Crippen LogP contribution in [0.1, 0.15) is 17.7 Å². The number of furan rings is 1. The fourth-order valence-corrected chi connectivity index (χ4v) is 5.22. The van der Waals surface area contributed by atoms with Crippen molar-refractivity contribution in [1.82, 2.24) is 25.1 Å². The fraction of sp³-hybridized carbons (Fsp3) is 0.429. The topological polar surface area (TPSA) is 101 Å². The summed E-state index contributed by atoms with van der Waals surface area (Å²) < 4.78 is 50.1. The Morgan fingerprint density at radius 2 is 1.85 bits per heavy atom. The van der Waals surface area contributed by atoms with Crippen molar-refractivity contribution in [3.8, 4) is 11.3 Å². The molecule has 40 heavy (non-hydrogen) atoms. The molecule has 212 valence electrons. The number of esters is 1. The van der Waals surface area contributed by atoms with Gasteiger partial charge < -0.3 is 14.5 Å². The fourth-order valence-electron chi connectivity index (χ4n) is 5.22. The van der Waals surface area contributed by atoms with Crippen molar-refractivity contribution in [1.29, 1.82) is 0 Å². The van der Waals surface area contributed by atoms with Crippen molar-refractivity contribution in [2.45, 2.75) is 37.7 Å². The number of ether oxygens (including phenoxy) is 1. The molecule has 1 unspecified atom stereocenters. The molecule has 0 radical (unpaired) electrons. The summed E-state index contributed by atoms with van der Waals surface area (Å²) in [6.45, 7) is 0.413. The zero-order valence-corrected chi connectivity index (χ0v) is 21.7. The Bertz CT molecular complexity index is 1290. The van der Waals surface area contributed by atoms with Crippen molar-refractivity contribution in [2.24, 2.45) is 5.92 Å². The van der Waals surface area contributed by atoms with E-state index in [1.165, 1.54) is 6.33 Å². The van der Waals surface area contributed by atoms with Crippen LogP contribution in [0.3, 0.4) is 0 Å². The molecule has 1 aromatic carbocycles. The quantitative estimate of drug-likeness (QED) is 0.401. The summed E-state index contributed by atoms with van der Waals surface area (Å²) >= 11 is 0. The number of nitrogens with one attached hydrogen (secondary N) is 1. The maximum absolute atomic E-state index is 13.0. The second-order valence-electron chi connectivity index (χ2n) is 10.2. The molecule has 1 amide bonds. The van der Waals surface area contributed by atoms with Crippen molar-refractivity contribution in [3.63, 3.8) is 0 Å². The molecule has 0 bridgehead atoms. The molecule has 3 aromatic rings. The van der Waals surface area contributed by atoms with Crippen LogP contribution in [-0.4, -0.2) is 82.7 Å². The van der Waals surface area contributed by atoms with E-state index in [4.69, 9.17) is 9.15 Å². The van der Waals surface area contributed by atoms with Gasteiger partial charge >= 0.3 is 12.1 Å². The molecule has 0 aliphatic carbocycles. The zero-order valence-electron chi connectivity index (χ0n) is 21.7. The summed E-state index contributed by atoms with van der Waals surface area (Å²) in [6.07, 6.45) is 0.777. The van der Waals surface area contributed by atoms with Crippen molar-refractivity contribution in [2.75, 3.05) is 32.7 Å². The van der Waals surface area contributed by atoms with E-state index in [0.29, 0.717) is 44.0 Å². The number of aromatic nitrogens is 2. The van der Waals surface area contributed by atoms with Gasteiger partial charge in [0.15, 0.2) is 0 Å². The van der Waals surface area contributed by atoms with Crippen molar-refractivity contribution < 1.29 is 31.9 Å². The lowest BCUT2D eigenvalue weighted by Gasteiger charge is -2.41. The predicted octanol–water partition coefficient (Wildman–Crippen LogP) is 3.08. The van der Waals surface area contributed by atoms with Crippen LogP contribution in [0.2, 0.25) is 0 Å². The number of halogens is 3. The number of carbonyl (C=O) groups excluding carboxylic acids is 2. The molecule has 2 aliphatic rings. The molecule has 5 rings (SSSR count). The van der Waals surface area contributed by atoms with Gasteiger partial charge in [-0.25, -0.2) is 9.97 Å². The van der Waals surface area contributed by atoms with E-state index in [-0.39, 0.29) is 25.0 Å². The summed E-state index contributed by atoms with van der Waals surface area (Å²) in [4.78, 5) is 37.3. The van der Waals surface area contributed by atoms with Gasteiger partial charge in [-0.3, -0.25) is 19.4 Å². The second kappa shape index (κ2) is 12.2. The van der Waals surface area contributed by atoms with Gasteiger partial charge in [0.25, 0.3) is 0 Å². The first-order valence-corrected chi connectivity index (χ1v) is 13.1. The van der Waals surface area contributed by atoms with Gasteiger partial charge in [0, 0.05) is 38.6 Å².